The molecule has 0 aliphatic heterocycles. The number of rotatable bonds is 8. The molecule has 2 amide bonds. The summed E-state index contributed by atoms with van der Waals surface area (Å²) < 4.78 is 0. The number of alkyl halides is 1. The maximum Gasteiger partial charge on any atom is 0.239 e. The molecule has 0 unspecified atom stereocenters. The fourth-order valence-electron chi connectivity index (χ4n) is 1.51. The van der Waals surface area contributed by atoms with Gasteiger partial charge in [0.05, 0.1) is 6.54 Å². The average Bonchev–Trinajstić information content (AvgIpc) is 2.44. The van der Waals surface area contributed by atoms with Crippen LogP contribution in [0, 0.1) is 0 Å². The van der Waals surface area contributed by atoms with E-state index in [0.29, 0.717) is 18.8 Å². The Kier molecular flexibility index (Phi) is 7.66. The highest BCUT2D eigenvalue weighted by molar-refractivity contribution is 6.17. The summed E-state index contributed by atoms with van der Waals surface area (Å²) >= 11 is 5.52. The predicted molar refractivity (Wildman–Crippen MR) is 75.9 cm³/mol. The van der Waals surface area contributed by atoms with Gasteiger partial charge in [-0.25, -0.2) is 0 Å². The second kappa shape index (κ2) is 9.39. The number of benzene rings is 1. The molecule has 0 saturated carbocycles. The van der Waals surface area contributed by atoms with Gasteiger partial charge < -0.3 is 10.6 Å². The fourth-order valence-corrected chi connectivity index (χ4v) is 1.70. The zero-order valence-corrected chi connectivity index (χ0v) is 11.6. The normalized spacial score (nSPS) is 9.95. The lowest BCUT2D eigenvalue weighted by Crippen LogP contribution is -2.36. The number of hydrogen-bond donors (Lipinski definition) is 2. The standard InChI is InChI=1S/C14H19ClN2O2/c15-9-5-4-8-13(18)17-11-14(19)16-10-12-6-2-1-3-7-12/h1-3,6-7H,4-5,8-11H2,(H,16,19)(H,17,18). The van der Waals surface area contributed by atoms with E-state index >= 15 is 0 Å². The van der Waals surface area contributed by atoms with Crippen LogP contribution in [0.1, 0.15) is 24.8 Å². The van der Waals surface area contributed by atoms with Crippen molar-refractivity contribution in [3.05, 3.63) is 35.9 Å². The number of unbranched alkanes of at least 4 members (excludes halogenated alkanes) is 1. The molecule has 5 heteroatoms. The van der Waals surface area contributed by atoms with Gasteiger partial charge in [0.2, 0.25) is 11.8 Å². The van der Waals surface area contributed by atoms with E-state index in [1.54, 1.807) is 0 Å². The molecule has 0 bridgehead atoms. The largest absolute Gasteiger partial charge is 0.350 e. The van der Waals surface area contributed by atoms with Crippen molar-refractivity contribution in [1.29, 1.82) is 0 Å². The van der Waals surface area contributed by atoms with E-state index in [9.17, 15) is 9.59 Å². The smallest absolute Gasteiger partial charge is 0.239 e. The first-order valence-corrected chi connectivity index (χ1v) is 6.89. The van der Waals surface area contributed by atoms with Gasteiger partial charge in [0.1, 0.15) is 0 Å². The lowest BCUT2D eigenvalue weighted by atomic mass is 10.2. The van der Waals surface area contributed by atoms with Gasteiger partial charge in [0.15, 0.2) is 0 Å². The van der Waals surface area contributed by atoms with Crippen LogP contribution in [0.5, 0.6) is 0 Å². The van der Waals surface area contributed by atoms with Crippen molar-refractivity contribution in [2.75, 3.05) is 12.4 Å². The van der Waals surface area contributed by atoms with Gasteiger partial charge in [-0.2, -0.15) is 0 Å². The van der Waals surface area contributed by atoms with Crippen molar-refractivity contribution in [2.24, 2.45) is 0 Å². The SMILES string of the molecule is O=C(CCCCCl)NCC(=O)NCc1ccccc1. The first-order chi connectivity index (χ1) is 9.22. The third kappa shape index (κ3) is 7.47. The number of carbonyl (C=O) groups is 2. The summed E-state index contributed by atoms with van der Waals surface area (Å²) in [6.07, 6.45) is 1.98. The number of hydrogen-bond acceptors (Lipinski definition) is 2. The predicted octanol–water partition coefficient (Wildman–Crippen LogP) is 1.83. The molecule has 0 fully saturated rings. The maximum absolute atomic E-state index is 11.5. The van der Waals surface area contributed by atoms with Crippen LogP contribution in [0.4, 0.5) is 0 Å². The molecule has 0 aromatic heterocycles. The van der Waals surface area contributed by atoms with Crippen LogP contribution in [0.15, 0.2) is 30.3 Å². The number of halogens is 1. The van der Waals surface area contributed by atoms with Crippen molar-refractivity contribution in [2.45, 2.75) is 25.8 Å². The quantitative estimate of drug-likeness (QED) is 0.564. The maximum atomic E-state index is 11.5. The third-order valence-corrected chi connectivity index (χ3v) is 2.83. The van der Waals surface area contributed by atoms with Crippen molar-refractivity contribution in [3.63, 3.8) is 0 Å². The van der Waals surface area contributed by atoms with Gasteiger partial charge in [-0.3, -0.25) is 9.59 Å². The van der Waals surface area contributed by atoms with E-state index in [4.69, 9.17) is 11.6 Å². The lowest BCUT2D eigenvalue weighted by molar-refractivity contribution is -0.126. The molecule has 19 heavy (non-hydrogen) atoms. The second-order valence-electron chi connectivity index (χ2n) is 4.19. The van der Waals surface area contributed by atoms with E-state index in [1.165, 1.54) is 0 Å². The van der Waals surface area contributed by atoms with Crippen molar-refractivity contribution < 1.29 is 9.59 Å². The van der Waals surface area contributed by atoms with Gasteiger partial charge in [-0.1, -0.05) is 30.3 Å². The number of amides is 2. The van der Waals surface area contributed by atoms with E-state index in [2.05, 4.69) is 10.6 Å². The lowest BCUT2D eigenvalue weighted by Gasteiger charge is -2.07. The summed E-state index contributed by atoms with van der Waals surface area (Å²) in [6.45, 7) is 0.494. The fraction of sp³-hybridized carbons (Fsp3) is 0.429. The summed E-state index contributed by atoms with van der Waals surface area (Å²) in [5, 5.41) is 5.33. The molecule has 0 aliphatic rings. The Morgan fingerprint density at radius 3 is 2.42 bits per heavy atom. The molecule has 4 nitrogen and oxygen atoms in total. The van der Waals surface area contributed by atoms with Gasteiger partial charge >= 0.3 is 0 Å². The zero-order chi connectivity index (χ0) is 13.9. The van der Waals surface area contributed by atoms with Gasteiger partial charge in [0.25, 0.3) is 0 Å². The Labute approximate surface area is 118 Å². The summed E-state index contributed by atoms with van der Waals surface area (Å²) in [4.78, 5) is 22.9. The van der Waals surface area contributed by atoms with Gasteiger partial charge in [-0.05, 0) is 18.4 Å². The first kappa shape index (κ1) is 15.5. The van der Waals surface area contributed by atoms with Crippen LogP contribution < -0.4 is 10.6 Å². The summed E-state index contributed by atoms with van der Waals surface area (Å²) in [5.74, 6) is 0.264. The molecule has 1 aromatic carbocycles. The molecule has 2 N–H and O–H groups in total. The van der Waals surface area contributed by atoms with Crippen LogP contribution in [-0.2, 0) is 16.1 Å². The summed E-state index contributed by atoms with van der Waals surface area (Å²) in [6, 6.07) is 9.63. The molecular formula is C14H19ClN2O2. The molecule has 1 rings (SSSR count). The highest BCUT2D eigenvalue weighted by atomic mass is 35.5. The minimum absolute atomic E-state index is 0.0204. The monoisotopic (exact) mass is 282 g/mol. The van der Waals surface area contributed by atoms with Crippen LogP contribution in [0.2, 0.25) is 0 Å². The van der Waals surface area contributed by atoms with Crippen molar-refractivity contribution in [3.8, 4) is 0 Å². The highest BCUT2D eigenvalue weighted by Gasteiger charge is 2.04. The zero-order valence-electron chi connectivity index (χ0n) is 10.8. The van der Waals surface area contributed by atoms with Crippen LogP contribution in [-0.4, -0.2) is 24.2 Å². The Hall–Kier alpha value is -1.55. The Bertz CT molecular complexity index is 396. The Morgan fingerprint density at radius 1 is 1.00 bits per heavy atom. The van der Waals surface area contributed by atoms with Crippen molar-refractivity contribution in [1.82, 2.24) is 10.6 Å². The first-order valence-electron chi connectivity index (χ1n) is 6.35. The van der Waals surface area contributed by atoms with E-state index in [1.807, 2.05) is 30.3 Å². The Balaban J connectivity index is 2.12. The van der Waals surface area contributed by atoms with Gasteiger partial charge in [0, 0.05) is 18.8 Å². The van der Waals surface area contributed by atoms with Crippen LogP contribution >= 0.6 is 11.6 Å². The summed E-state index contributed by atoms with van der Waals surface area (Å²) in [5.41, 5.74) is 1.03. The molecular weight excluding hydrogens is 264 g/mol. The minimum atomic E-state index is -0.186. The van der Waals surface area contributed by atoms with Gasteiger partial charge in [-0.15, -0.1) is 11.6 Å². The topological polar surface area (TPSA) is 58.2 Å². The molecule has 0 spiro atoms. The Morgan fingerprint density at radius 2 is 1.74 bits per heavy atom. The number of carbonyl (C=O) groups excluding carboxylic acids is 2. The minimum Gasteiger partial charge on any atom is -0.350 e. The second-order valence-corrected chi connectivity index (χ2v) is 4.56. The van der Waals surface area contributed by atoms with E-state index < -0.39 is 0 Å². The molecule has 0 atom stereocenters. The van der Waals surface area contributed by atoms with E-state index in [0.717, 1.165) is 18.4 Å². The summed E-state index contributed by atoms with van der Waals surface area (Å²) in [7, 11) is 0. The molecule has 0 aliphatic carbocycles. The molecule has 104 valence electrons. The highest BCUT2D eigenvalue weighted by Crippen LogP contribution is 1.97. The number of nitrogens with one attached hydrogen (secondary N) is 2. The van der Waals surface area contributed by atoms with E-state index in [-0.39, 0.29) is 18.4 Å². The average molecular weight is 283 g/mol. The van der Waals surface area contributed by atoms with Crippen LogP contribution in [0.25, 0.3) is 0 Å². The molecule has 1 aromatic rings. The van der Waals surface area contributed by atoms with Crippen molar-refractivity contribution >= 4 is 23.4 Å². The molecule has 0 radical (unpaired) electrons. The molecule has 0 heterocycles. The molecule has 0 saturated heterocycles. The third-order valence-electron chi connectivity index (χ3n) is 2.57. The van der Waals surface area contributed by atoms with Crippen LogP contribution in [0.3, 0.4) is 0 Å².